The van der Waals surface area contributed by atoms with E-state index in [0.29, 0.717) is 19.4 Å². The van der Waals surface area contributed by atoms with Gasteiger partial charge >= 0.3 is 5.97 Å². The first-order chi connectivity index (χ1) is 13.1. The average Bonchev–Trinajstić information content (AvgIpc) is 3.09. The molecule has 5 nitrogen and oxygen atoms in total. The van der Waals surface area contributed by atoms with Gasteiger partial charge in [0.2, 0.25) is 0 Å². The van der Waals surface area contributed by atoms with Crippen LogP contribution in [-0.2, 0) is 27.2 Å². The summed E-state index contributed by atoms with van der Waals surface area (Å²) in [6.07, 6.45) is 3.22. The highest BCUT2D eigenvalue weighted by Gasteiger charge is 2.09. The second-order valence-corrected chi connectivity index (χ2v) is 6.25. The number of aryl methyl sites for hydroxylation is 1. The molecule has 2 aromatic carbocycles. The minimum atomic E-state index is -0.453. The van der Waals surface area contributed by atoms with E-state index in [0.717, 1.165) is 22.0 Å². The van der Waals surface area contributed by atoms with Gasteiger partial charge in [0.25, 0.3) is 5.91 Å². The molecule has 0 saturated carbocycles. The number of esters is 1. The van der Waals surface area contributed by atoms with Gasteiger partial charge in [-0.1, -0.05) is 30.3 Å². The number of hydrogen-bond donors (Lipinski definition) is 2. The van der Waals surface area contributed by atoms with Crippen LogP contribution >= 0.6 is 0 Å². The number of para-hydroxylation sites is 1. The van der Waals surface area contributed by atoms with Crippen molar-refractivity contribution in [3.8, 4) is 0 Å². The van der Waals surface area contributed by atoms with Gasteiger partial charge in [-0.2, -0.15) is 0 Å². The molecule has 0 aliphatic rings. The number of H-pyrrole nitrogens is 1. The second kappa shape index (κ2) is 8.98. The van der Waals surface area contributed by atoms with E-state index in [2.05, 4.69) is 10.3 Å². The molecule has 0 saturated heterocycles. The van der Waals surface area contributed by atoms with Crippen LogP contribution in [0.25, 0.3) is 10.9 Å². The van der Waals surface area contributed by atoms with Gasteiger partial charge in [0.05, 0.1) is 0 Å². The summed E-state index contributed by atoms with van der Waals surface area (Å²) in [6.45, 7) is 0.171. The van der Waals surface area contributed by atoms with Crippen molar-refractivity contribution in [3.05, 3.63) is 71.7 Å². The van der Waals surface area contributed by atoms with Gasteiger partial charge < -0.3 is 15.0 Å². The lowest BCUT2D eigenvalue weighted by atomic mass is 10.1. The van der Waals surface area contributed by atoms with Crippen molar-refractivity contribution >= 4 is 22.8 Å². The number of aromatic amines is 1. The number of rotatable bonds is 8. The van der Waals surface area contributed by atoms with Crippen molar-refractivity contribution in [2.45, 2.75) is 19.3 Å². The van der Waals surface area contributed by atoms with Crippen molar-refractivity contribution in [1.82, 2.24) is 10.3 Å². The first kappa shape index (κ1) is 18.6. The van der Waals surface area contributed by atoms with Gasteiger partial charge in [-0.3, -0.25) is 9.59 Å². The molecule has 27 heavy (non-hydrogen) atoms. The van der Waals surface area contributed by atoms with Gasteiger partial charge in [0.1, 0.15) is 5.82 Å². The van der Waals surface area contributed by atoms with E-state index >= 15 is 0 Å². The van der Waals surface area contributed by atoms with E-state index in [9.17, 15) is 14.0 Å². The summed E-state index contributed by atoms with van der Waals surface area (Å²) >= 11 is 0. The zero-order valence-electron chi connectivity index (χ0n) is 14.8. The van der Waals surface area contributed by atoms with Crippen molar-refractivity contribution in [1.29, 1.82) is 0 Å². The number of amides is 1. The van der Waals surface area contributed by atoms with Gasteiger partial charge in [0.15, 0.2) is 6.61 Å². The lowest BCUT2D eigenvalue weighted by Crippen LogP contribution is -2.30. The molecule has 0 radical (unpaired) electrons. The van der Waals surface area contributed by atoms with Crippen LogP contribution in [0.5, 0.6) is 0 Å². The minimum absolute atomic E-state index is 0.147. The van der Waals surface area contributed by atoms with E-state index in [4.69, 9.17) is 4.74 Å². The Morgan fingerprint density at radius 1 is 1.04 bits per heavy atom. The fourth-order valence-corrected chi connectivity index (χ4v) is 2.84. The maximum Gasteiger partial charge on any atom is 0.306 e. The van der Waals surface area contributed by atoms with Crippen LogP contribution in [0.2, 0.25) is 0 Å². The number of fused-ring (bicyclic) bond motifs is 1. The first-order valence-corrected chi connectivity index (χ1v) is 8.83. The topological polar surface area (TPSA) is 71.2 Å². The van der Waals surface area contributed by atoms with Crippen LogP contribution in [-0.4, -0.2) is 30.0 Å². The predicted molar refractivity (Wildman–Crippen MR) is 101 cm³/mol. The van der Waals surface area contributed by atoms with Crippen LogP contribution in [0, 0.1) is 5.82 Å². The summed E-state index contributed by atoms with van der Waals surface area (Å²) in [6, 6.07) is 13.9. The number of aromatic nitrogens is 1. The number of hydrogen-bond acceptors (Lipinski definition) is 3. The Morgan fingerprint density at radius 2 is 1.81 bits per heavy atom. The standard InChI is InChI=1S/C21H21FN2O3/c22-17-8-5-15(6-9-17)7-10-21(26)27-14-20(25)23-12-11-16-13-24-19-4-2-1-3-18(16)19/h1-6,8-9,13,24H,7,10-12,14H2,(H,23,25). The number of nitrogens with one attached hydrogen (secondary N) is 2. The first-order valence-electron chi connectivity index (χ1n) is 8.83. The number of halogens is 1. The Hall–Kier alpha value is -3.15. The van der Waals surface area contributed by atoms with E-state index in [-0.39, 0.29) is 24.8 Å². The molecular formula is C21H21FN2O3. The minimum Gasteiger partial charge on any atom is -0.456 e. The summed E-state index contributed by atoms with van der Waals surface area (Å²) in [5, 5.41) is 3.89. The molecule has 0 aliphatic carbocycles. The van der Waals surface area contributed by atoms with Crippen LogP contribution in [0.15, 0.2) is 54.7 Å². The molecule has 0 atom stereocenters. The quantitative estimate of drug-likeness (QED) is 0.600. The van der Waals surface area contributed by atoms with Crippen molar-refractivity contribution in [2.24, 2.45) is 0 Å². The normalized spacial score (nSPS) is 10.7. The summed E-state index contributed by atoms with van der Waals surface area (Å²) in [5.74, 6) is -1.10. The molecule has 0 bridgehead atoms. The number of carbonyl (C=O) groups is 2. The highest BCUT2D eigenvalue weighted by atomic mass is 19.1. The van der Waals surface area contributed by atoms with Crippen LogP contribution < -0.4 is 5.32 Å². The molecule has 3 aromatic rings. The molecule has 3 rings (SSSR count). The molecule has 0 aliphatic heterocycles. The van der Waals surface area contributed by atoms with Crippen LogP contribution in [0.4, 0.5) is 4.39 Å². The van der Waals surface area contributed by atoms with E-state index in [1.54, 1.807) is 12.1 Å². The molecule has 6 heteroatoms. The largest absolute Gasteiger partial charge is 0.456 e. The molecular weight excluding hydrogens is 347 g/mol. The third kappa shape index (κ3) is 5.41. The third-order valence-corrected chi connectivity index (χ3v) is 4.29. The predicted octanol–water partition coefficient (Wildman–Crippen LogP) is 3.14. The van der Waals surface area contributed by atoms with E-state index in [1.165, 1.54) is 12.1 Å². The molecule has 0 fully saturated rings. The highest BCUT2D eigenvalue weighted by molar-refractivity contribution is 5.83. The Morgan fingerprint density at radius 3 is 2.63 bits per heavy atom. The number of ether oxygens (including phenoxy) is 1. The Bertz CT molecular complexity index is 919. The maximum absolute atomic E-state index is 12.8. The maximum atomic E-state index is 12.8. The van der Waals surface area contributed by atoms with Crippen molar-refractivity contribution in [2.75, 3.05) is 13.2 Å². The molecule has 1 amide bonds. The molecule has 1 aromatic heterocycles. The van der Waals surface area contributed by atoms with Gasteiger partial charge in [-0.15, -0.1) is 0 Å². The SMILES string of the molecule is O=C(COC(=O)CCc1ccc(F)cc1)NCCc1c[nH]c2ccccc12. The molecule has 2 N–H and O–H groups in total. The van der Waals surface area contributed by atoms with Gasteiger partial charge in [-0.05, 0) is 42.2 Å². The molecule has 140 valence electrons. The Balaban J connectivity index is 1.34. The fourth-order valence-electron chi connectivity index (χ4n) is 2.84. The summed E-state index contributed by atoms with van der Waals surface area (Å²) in [7, 11) is 0. The van der Waals surface area contributed by atoms with Gasteiger partial charge in [0, 0.05) is 30.1 Å². The molecule has 0 spiro atoms. The summed E-state index contributed by atoms with van der Waals surface area (Å²) in [5.41, 5.74) is 3.03. The zero-order valence-corrected chi connectivity index (χ0v) is 14.8. The van der Waals surface area contributed by atoms with Gasteiger partial charge in [-0.25, -0.2) is 4.39 Å². The van der Waals surface area contributed by atoms with E-state index < -0.39 is 5.97 Å². The third-order valence-electron chi connectivity index (χ3n) is 4.29. The Labute approximate surface area is 156 Å². The lowest BCUT2D eigenvalue weighted by molar-refractivity contribution is -0.148. The fraction of sp³-hybridized carbons (Fsp3) is 0.238. The second-order valence-electron chi connectivity index (χ2n) is 6.25. The summed E-state index contributed by atoms with van der Waals surface area (Å²) in [4.78, 5) is 26.7. The average molecular weight is 368 g/mol. The van der Waals surface area contributed by atoms with Crippen molar-refractivity contribution in [3.63, 3.8) is 0 Å². The molecule has 1 heterocycles. The monoisotopic (exact) mass is 368 g/mol. The number of carbonyl (C=O) groups excluding carboxylic acids is 2. The number of benzene rings is 2. The Kier molecular flexibility index (Phi) is 6.20. The molecule has 0 unspecified atom stereocenters. The highest BCUT2D eigenvalue weighted by Crippen LogP contribution is 2.17. The zero-order chi connectivity index (χ0) is 19.1. The summed E-state index contributed by atoms with van der Waals surface area (Å²) < 4.78 is 17.8. The smallest absolute Gasteiger partial charge is 0.306 e. The van der Waals surface area contributed by atoms with Crippen LogP contribution in [0.1, 0.15) is 17.5 Å². The van der Waals surface area contributed by atoms with Crippen LogP contribution in [0.3, 0.4) is 0 Å². The van der Waals surface area contributed by atoms with Crippen molar-refractivity contribution < 1.29 is 18.7 Å². The van der Waals surface area contributed by atoms with E-state index in [1.807, 2.05) is 30.5 Å². The lowest BCUT2D eigenvalue weighted by Gasteiger charge is -2.07.